The normalized spacial score (nSPS) is 13.7. The number of ether oxygens (including phenoxy) is 1. The smallest absolute Gasteiger partial charge is 0.307 e. The van der Waals surface area contributed by atoms with Crippen LogP contribution in [0.4, 0.5) is 0 Å². The molecule has 1 aromatic carbocycles. The number of thiophene rings is 1. The molecule has 0 aliphatic carbocycles. The first kappa shape index (κ1) is 16.0. The van der Waals surface area contributed by atoms with E-state index < -0.39 is 0 Å². The van der Waals surface area contributed by atoms with E-state index in [4.69, 9.17) is 16.3 Å². The number of halogens is 1. The molecule has 0 amide bonds. The predicted octanol–water partition coefficient (Wildman–Crippen LogP) is 4.36. The minimum atomic E-state index is -0.229. The third-order valence-electron chi connectivity index (χ3n) is 3.31. The molecular weight excluding hydrogens is 306 g/mol. The van der Waals surface area contributed by atoms with Gasteiger partial charge in [-0.05, 0) is 30.0 Å². The number of esters is 1. The molecule has 1 N–H and O–H groups in total. The molecule has 2 atom stereocenters. The van der Waals surface area contributed by atoms with Crippen LogP contribution in [0, 0.1) is 0 Å². The highest BCUT2D eigenvalue weighted by atomic mass is 35.5. The van der Waals surface area contributed by atoms with Crippen molar-refractivity contribution < 1.29 is 9.53 Å². The highest BCUT2D eigenvalue weighted by molar-refractivity contribution is 7.10. The lowest BCUT2D eigenvalue weighted by atomic mass is 10.1. The molecule has 0 saturated heterocycles. The lowest BCUT2D eigenvalue weighted by molar-refractivity contribution is -0.141. The van der Waals surface area contributed by atoms with E-state index >= 15 is 0 Å². The minimum absolute atomic E-state index is 0.0375. The molecular formula is C16H18ClNO2S. The molecule has 3 nitrogen and oxygen atoms in total. The number of benzene rings is 1. The number of carbonyl (C=O) groups is 1. The Kier molecular flexibility index (Phi) is 5.79. The van der Waals surface area contributed by atoms with Crippen molar-refractivity contribution in [3.8, 4) is 0 Å². The standard InChI is InChI=1S/C16H18ClNO2S/c1-11(12-6-3-4-7-13(12)17)18-14(10-16(19)20-2)15-8-5-9-21-15/h3-9,11,14,18H,10H2,1-2H3. The Hall–Kier alpha value is -1.36. The number of hydrogen-bond donors (Lipinski definition) is 1. The van der Waals surface area contributed by atoms with E-state index in [9.17, 15) is 4.79 Å². The maximum atomic E-state index is 11.6. The van der Waals surface area contributed by atoms with Crippen LogP contribution in [0.1, 0.15) is 35.9 Å². The Labute approximate surface area is 133 Å². The molecule has 2 unspecified atom stereocenters. The molecule has 1 aromatic heterocycles. The van der Waals surface area contributed by atoms with Gasteiger partial charge in [0.05, 0.1) is 19.6 Å². The van der Waals surface area contributed by atoms with Crippen LogP contribution in [0.2, 0.25) is 5.02 Å². The van der Waals surface area contributed by atoms with Gasteiger partial charge < -0.3 is 10.1 Å². The molecule has 0 aliphatic heterocycles. The highest BCUT2D eigenvalue weighted by Crippen LogP contribution is 2.28. The minimum Gasteiger partial charge on any atom is -0.469 e. The molecule has 5 heteroatoms. The van der Waals surface area contributed by atoms with Gasteiger partial charge in [-0.25, -0.2) is 0 Å². The van der Waals surface area contributed by atoms with E-state index in [-0.39, 0.29) is 18.1 Å². The summed E-state index contributed by atoms with van der Waals surface area (Å²) in [6.07, 6.45) is 0.297. The Balaban J connectivity index is 2.15. The fourth-order valence-corrected chi connectivity index (χ4v) is 3.29. The van der Waals surface area contributed by atoms with E-state index in [1.165, 1.54) is 7.11 Å². The highest BCUT2D eigenvalue weighted by Gasteiger charge is 2.21. The average molecular weight is 324 g/mol. The number of hydrogen-bond acceptors (Lipinski definition) is 4. The molecule has 0 bridgehead atoms. The van der Waals surface area contributed by atoms with Crippen molar-refractivity contribution in [3.05, 3.63) is 57.2 Å². The molecule has 2 rings (SSSR count). The lowest BCUT2D eigenvalue weighted by Gasteiger charge is -2.22. The Morgan fingerprint density at radius 1 is 1.33 bits per heavy atom. The summed E-state index contributed by atoms with van der Waals surface area (Å²) in [6, 6.07) is 11.7. The zero-order valence-corrected chi connectivity index (χ0v) is 13.6. The SMILES string of the molecule is COC(=O)CC(NC(C)c1ccccc1Cl)c1cccs1. The van der Waals surface area contributed by atoms with Crippen LogP contribution in [0.5, 0.6) is 0 Å². The van der Waals surface area contributed by atoms with Crippen molar-refractivity contribution >= 4 is 28.9 Å². The molecule has 1 heterocycles. The monoisotopic (exact) mass is 323 g/mol. The average Bonchev–Trinajstić information content (AvgIpc) is 3.01. The molecule has 0 radical (unpaired) electrons. The number of rotatable bonds is 6. The zero-order valence-electron chi connectivity index (χ0n) is 12.0. The van der Waals surface area contributed by atoms with Crippen molar-refractivity contribution in [1.29, 1.82) is 0 Å². The summed E-state index contributed by atoms with van der Waals surface area (Å²) in [4.78, 5) is 12.7. The van der Waals surface area contributed by atoms with Gasteiger partial charge in [0.15, 0.2) is 0 Å². The molecule has 0 fully saturated rings. The second kappa shape index (κ2) is 7.59. The predicted molar refractivity (Wildman–Crippen MR) is 86.7 cm³/mol. The summed E-state index contributed by atoms with van der Waals surface area (Å²) in [5.41, 5.74) is 1.02. The first-order valence-corrected chi connectivity index (χ1v) is 7.98. The van der Waals surface area contributed by atoms with Crippen LogP contribution in [0.3, 0.4) is 0 Å². The van der Waals surface area contributed by atoms with Crippen molar-refractivity contribution in [2.24, 2.45) is 0 Å². The second-order valence-electron chi connectivity index (χ2n) is 4.76. The van der Waals surface area contributed by atoms with Gasteiger partial charge in [-0.1, -0.05) is 35.9 Å². The van der Waals surface area contributed by atoms with Crippen molar-refractivity contribution in [2.45, 2.75) is 25.4 Å². The molecule has 112 valence electrons. The van der Waals surface area contributed by atoms with Gasteiger partial charge in [-0.3, -0.25) is 4.79 Å². The molecule has 2 aromatic rings. The summed E-state index contributed by atoms with van der Waals surface area (Å²) in [5.74, 6) is -0.229. The van der Waals surface area contributed by atoms with Crippen molar-refractivity contribution in [1.82, 2.24) is 5.32 Å². The largest absolute Gasteiger partial charge is 0.469 e. The number of carbonyl (C=O) groups excluding carboxylic acids is 1. The number of nitrogens with one attached hydrogen (secondary N) is 1. The topological polar surface area (TPSA) is 38.3 Å². The van der Waals surface area contributed by atoms with Crippen LogP contribution in [0.15, 0.2) is 41.8 Å². The molecule has 0 spiro atoms. The quantitative estimate of drug-likeness (QED) is 0.803. The van der Waals surface area contributed by atoms with E-state index in [0.29, 0.717) is 6.42 Å². The fraction of sp³-hybridized carbons (Fsp3) is 0.312. The molecule has 0 aliphatic rings. The third-order valence-corrected chi connectivity index (χ3v) is 4.64. The fourth-order valence-electron chi connectivity index (χ4n) is 2.20. The summed E-state index contributed by atoms with van der Waals surface area (Å²) in [7, 11) is 1.41. The van der Waals surface area contributed by atoms with Gasteiger partial charge in [0.1, 0.15) is 0 Å². The van der Waals surface area contributed by atoms with Crippen LogP contribution < -0.4 is 5.32 Å². The summed E-state index contributed by atoms with van der Waals surface area (Å²) in [5, 5.41) is 6.19. The third kappa shape index (κ3) is 4.30. The zero-order chi connectivity index (χ0) is 15.2. The lowest BCUT2D eigenvalue weighted by Crippen LogP contribution is -2.26. The van der Waals surface area contributed by atoms with Gasteiger partial charge >= 0.3 is 5.97 Å². The Morgan fingerprint density at radius 3 is 2.71 bits per heavy atom. The van der Waals surface area contributed by atoms with Crippen molar-refractivity contribution in [3.63, 3.8) is 0 Å². The Bertz CT molecular complexity index is 586. The van der Waals surface area contributed by atoms with Gasteiger partial charge in [-0.2, -0.15) is 0 Å². The van der Waals surface area contributed by atoms with Gasteiger partial charge in [-0.15, -0.1) is 11.3 Å². The van der Waals surface area contributed by atoms with E-state index in [2.05, 4.69) is 5.32 Å². The summed E-state index contributed by atoms with van der Waals surface area (Å²) in [6.45, 7) is 2.04. The maximum Gasteiger partial charge on any atom is 0.307 e. The van der Waals surface area contributed by atoms with Gasteiger partial charge in [0, 0.05) is 15.9 Å². The first-order chi connectivity index (χ1) is 10.1. The summed E-state index contributed by atoms with van der Waals surface area (Å²) >= 11 is 7.85. The van der Waals surface area contributed by atoms with Gasteiger partial charge in [0.2, 0.25) is 0 Å². The Morgan fingerprint density at radius 2 is 2.10 bits per heavy atom. The summed E-state index contributed by atoms with van der Waals surface area (Å²) < 4.78 is 4.79. The van der Waals surface area contributed by atoms with E-state index in [1.807, 2.05) is 48.7 Å². The van der Waals surface area contributed by atoms with Crippen LogP contribution in [-0.2, 0) is 9.53 Å². The second-order valence-corrected chi connectivity index (χ2v) is 6.14. The van der Waals surface area contributed by atoms with E-state index in [0.717, 1.165) is 15.5 Å². The van der Waals surface area contributed by atoms with Crippen LogP contribution >= 0.6 is 22.9 Å². The van der Waals surface area contributed by atoms with Crippen molar-refractivity contribution in [2.75, 3.05) is 7.11 Å². The molecule has 0 saturated carbocycles. The molecule has 21 heavy (non-hydrogen) atoms. The number of methoxy groups -OCH3 is 1. The first-order valence-electron chi connectivity index (χ1n) is 6.72. The van der Waals surface area contributed by atoms with Crippen LogP contribution in [0.25, 0.3) is 0 Å². The van der Waals surface area contributed by atoms with E-state index in [1.54, 1.807) is 11.3 Å². The maximum absolute atomic E-state index is 11.6. The van der Waals surface area contributed by atoms with Crippen LogP contribution in [-0.4, -0.2) is 13.1 Å². The van der Waals surface area contributed by atoms with Gasteiger partial charge in [0.25, 0.3) is 0 Å².